The molecular formula is C25H26O7. The Morgan fingerprint density at radius 1 is 1.00 bits per heavy atom. The molecule has 7 nitrogen and oxygen atoms in total. The SMILES string of the molecule is COc1cc2cc(C(OC(C)=O)c3ccc4c(c3OC)C=CC(C)(C)O4)oc2cc1OC. The second-order valence-electron chi connectivity index (χ2n) is 8.02. The molecule has 1 aliphatic heterocycles. The number of methoxy groups -OCH3 is 3. The van der Waals surface area contributed by atoms with Crippen molar-refractivity contribution in [3.8, 4) is 23.0 Å². The molecule has 0 N–H and O–H groups in total. The fourth-order valence-corrected chi connectivity index (χ4v) is 3.84. The summed E-state index contributed by atoms with van der Waals surface area (Å²) in [5, 5.41) is 0.789. The highest BCUT2D eigenvalue weighted by Gasteiger charge is 2.31. The van der Waals surface area contributed by atoms with Gasteiger partial charge >= 0.3 is 5.97 Å². The average Bonchev–Trinajstić information content (AvgIpc) is 3.17. The Hall–Kier alpha value is -3.61. The molecule has 7 heteroatoms. The third-order valence-corrected chi connectivity index (χ3v) is 5.28. The van der Waals surface area contributed by atoms with E-state index in [1.165, 1.54) is 6.92 Å². The third-order valence-electron chi connectivity index (χ3n) is 5.28. The standard InChI is InChI=1S/C25H26O7/c1-14(26)30-24(22-12-15-11-20(27-4)21(28-5)13-19(15)31-22)17-7-8-18-16(23(17)29-6)9-10-25(2,3)32-18/h7-13,24H,1-6H3. The van der Waals surface area contributed by atoms with Crippen LogP contribution in [-0.2, 0) is 9.53 Å². The third kappa shape index (κ3) is 3.86. The first-order chi connectivity index (χ1) is 15.3. The molecule has 0 aliphatic carbocycles. The molecule has 168 valence electrons. The summed E-state index contributed by atoms with van der Waals surface area (Å²) in [6, 6.07) is 9.05. The Morgan fingerprint density at radius 2 is 1.72 bits per heavy atom. The molecule has 0 amide bonds. The van der Waals surface area contributed by atoms with Crippen LogP contribution < -0.4 is 18.9 Å². The first-order valence-electron chi connectivity index (χ1n) is 10.2. The van der Waals surface area contributed by atoms with E-state index in [-0.39, 0.29) is 0 Å². The number of carbonyl (C=O) groups is 1. The van der Waals surface area contributed by atoms with Crippen molar-refractivity contribution in [2.24, 2.45) is 0 Å². The van der Waals surface area contributed by atoms with Gasteiger partial charge in [-0.1, -0.05) is 0 Å². The largest absolute Gasteiger partial charge is 0.496 e. The highest BCUT2D eigenvalue weighted by molar-refractivity contribution is 5.82. The van der Waals surface area contributed by atoms with E-state index in [2.05, 4.69) is 0 Å². The Morgan fingerprint density at radius 3 is 2.38 bits per heavy atom. The summed E-state index contributed by atoms with van der Waals surface area (Å²) in [5.41, 5.74) is 1.58. The predicted octanol–water partition coefficient (Wildman–Crippen LogP) is 5.30. The maximum Gasteiger partial charge on any atom is 0.303 e. The van der Waals surface area contributed by atoms with Crippen molar-refractivity contribution in [3.05, 3.63) is 53.3 Å². The molecule has 32 heavy (non-hydrogen) atoms. The number of rotatable bonds is 6. The zero-order valence-electron chi connectivity index (χ0n) is 19.0. The molecular weight excluding hydrogens is 412 g/mol. The number of fused-ring (bicyclic) bond motifs is 2. The molecule has 0 saturated heterocycles. The monoisotopic (exact) mass is 438 g/mol. The molecule has 0 spiro atoms. The van der Waals surface area contributed by atoms with Gasteiger partial charge in [-0.05, 0) is 50.3 Å². The number of carbonyl (C=O) groups excluding carboxylic acids is 1. The zero-order valence-corrected chi connectivity index (χ0v) is 19.0. The van der Waals surface area contributed by atoms with E-state index in [1.54, 1.807) is 27.4 Å². The van der Waals surface area contributed by atoms with E-state index < -0.39 is 17.7 Å². The fraction of sp³-hybridized carbons (Fsp3) is 0.320. The molecule has 0 saturated carbocycles. The van der Waals surface area contributed by atoms with Gasteiger partial charge in [0.1, 0.15) is 22.7 Å². The second-order valence-corrected chi connectivity index (χ2v) is 8.02. The fourth-order valence-electron chi connectivity index (χ4n) is 3.84. The van der Waals surface area contributed by atoms with Gasteiger partial charge in [0.2, 0.25) is 0 Å². The van der Waals surface area contributed by atoms with Crippen LogP contribution >= 0.6 is 0 Å². The van der Waals surface area contributed by atoms with E-state index >= 15 is 0 Å². The molecule has 1 aromatic heterocycles. The lowest BCUT2D eigenvalue weighted by Gasteiger charge is -2.30. The quantitative estimate of drug-likeness (QED) is 0.484. The smallest absolute Gasteiger partial charge is 0.303 e. The summed E-state index contributed by atoms with van der Waals surface area (Å²) in [4.78, 5) is 12.0. The van der Waals surface area contributed by atoms with Crippen molar-refractivity contribution in [3.63, 3.8) is 0 Å². The zero-order chi connectivity index (χ0) is 23.0. The summed E-state index contributed by atoms with van der Waals surface area (Å²) in [6.45, 7) is 5.31. The van der Waals surface area contributed by atoms with Crippen molar-refractivity contribution in [2.75, 3.05) is 21.3 Å². The molecule has 2 heterocycles. The van der Waals surface area contributed by atoms with Crippen LogP contribution in [-0.4, -0.2) is 32.9 Å². The van der Waals surface area contributed by atoms with Gasteiger partial charge in [-0.15, -0.1) is 0 Å². The highest BCUT2D eigenvalue weighted by atomic mass is 16.6. The van der Waals surface area contributed by atoms with Crippen molar-refractivity contribution in [1.29, 1.82) is 0 Å². The molecule has 0 fully saturated rings. The van der Waals surface area contributed by atoms with Crippen LogP contribution in [0.4, 0.5) is 0 Å². The van der Waals surface area contributed by atoms with Gasteiger partial charge in [-0.25, -0.2) is 0 Å². The molecule has 0 radical (unpaired) electrons. The van der Waals surface area contributed by atoms with Gasteiger partial charge in [0, 0.05) is 23.9 Å². The van der Waals surface area contributed by atoms with Crippen LogP contribution in [0, 0.1) is 0 Å². The lowest BCUT2D eigenvalue weighted by molar-refractivity contribution is -0.145. The molecule has 1 aliphatic rings. The minimum absolute atomic E-state index is 0.425. The van der Waals surface area contributed by atoms with Gasteiger partial charge in [0.05, 0.1) is 26.9 Å². The number of ether oxygens (including phenoxy) is 5. The van der Waals surface area contributed by atoms with Crippen molar-refractivity contribution >= 4 is 23.0 Å². The highest BCUT2D eigenvalue weighted by Crippen LogP contribution is 2.44. The van der Waals surface area contributed by atoms with Gasteiger partial charge in [-0.3, -0.25) is 4.79 Å². The Kier molecular flexibility index (Phi) is 5.50. The molecule has 1 unspecified atom stereocenters. The number of hydrogen-bond acceptors (Lipinski definition) is 7. The van der Waals surface area contributed by atoms with Crippen molar-refractivity contribution in [2.45, 2.75) is 32.5 Å². The van der Waals surface area contributed by atoms with Crippen LogP contribution in [0.25, 0.3) is 17.0 Å². The number of benzene rings is 2. The Bertz CT molecular complexity index is 1160. The maximum atomic E-state index is 12.0. The molecule has 3 aromatic rings. The van der Waals surface area contributed by atoms with Crippen LogP contribution in [0.3, 0.4) is 0 Å². The first kappa shape index (κ1) is 21.6. The van der Waals surface area contributed by atoms with Gasteiger partial charge in [-0.2, -0.15) is 0 Å². The van der Waals surface area contributed by atoms with E-state index in [1.807, 2.05) is 50.3 Å². The summed E-state index contributed by atoms with van der Waals surface area (Å²) in [7, 11) is 4.71. The van der Waals surface area contributed by atoms with Crippen LogP contribution in [0.2, 0.25) is 0 Å². The van der Waals surface area contributed by atoms with E-state index in [0.29, 0.717) is 39.9 Å². The van der Waals surface area contributed by atoms with Crippen LogP contribution in [0.5, 0.6) is 23.0 Å². The van der Waals surface area contributed by atoms with Gasteiger partial charge in [0.15, 0.2) is 23.4 Å². The van der Waals surface area contributed by atoms with Gasteiger partial charge in [0.25, 0.3) is 0 Å². The predicted molar refractivity (Wildman–Crippen MR) is 120 cm³/mol. The summed E-state index contributed by atoms with van der Waals surface area (Å²) >= 11 is 0. The molecule has 2 aromatic carbocycles. The van der Waals surface area contributed by atoms with E-state index in [9.17, 15) is 4.79 Å². The Labute approximate surface area is 186 Å². The summed E-state index contributed by atoms with van der Waals surface area (Å²) < 4.78 is 34.3. The average molecular weight is 438 g/mol. The topological polar surface area (TPSA) is 76.4 Å². The Balaban J connectivity index is 1.86. The minimum atomic E-state index is -0.819. The normalized spacial score (nSPS) is 14.9. The summed E-state index contributed by atoms with van der Waals surface area (Å²) in [5.74, 6) is 2.37. The number of esters is 1. The second kappa shape index (κ2) is 8.15. The van der Waals surface area contributed by atoms with Crippen molar-refractivity contribution in [1.82, 2.24) is 0 Å². The minimum Gasteiger partial charge on any atom is -0.496 e. The van der Waals surface area contributed by atoms with Crippen LogP contribution in [0.15, 0.2) is 40.8 Å². The first-order valence-corrected chi connectivity index (χ1v) is 10.2. The molecule has 4 rings (SSSR count). The molecule has 1 atom stereocenters. The lowest BCUT2D eigenvalue weighted by Crippen LogP contribution is -2.27. The van der Waals surface area contributed by atoms with Crippen molar-refractivity contribution < 1.29 is 32.9 Å². The van der Waals surface area contributed by atoms with E-state index in [4.69, 9.17) is 28.1 Å². The van der Waals surface area contributed by atoms with Crippen LogP contribution in [0.1, 0.15) is 43.8 Å². The summed E-state index contributed by atoms with van der Waals surface area (Å²) in [6.07, 6.45) is 3.10. The number of furan rings is 1. The molecule has 0 bridgehead atoms. The van der Waals surface area contributed by atoms with E-state index in [0.717, 1.165) is 10.9 Å². The lowest BCUT2D eigenvalue weighted by atomic mass is 9.96. The number of hydrogen-bond donors (Lipinski definition) is 0. The van der Waals surface area contributed by atoms with Gasteiger partial charge < -0.3 is 28.1 Å². The maximum absolute atomic E-state index is 12.0.